The zero-order valence-electron chi connectivity index (χ0n) is 10.0. The maximum atomic E-state index is 8.87. The number of benzene rings is 1. The highest BCUT2D eigenvalue weighted by Crippen LogP contribution is 2.25. The van der Waals surface area contributed by atoms with Crippen molar-refractivity contribution in [1.29, 1.82) is 0 Å². The molecule has 1 aromatic carbocycles. The van der Waals surface area contributed by atoms with Gasteiger partial charge < -0.3 is 14.3 Å². The van der Waals surface area contributed by atoms with Gasteiger partial charge in [0.25, 0.3) is 5.95 Å². The number of ether oxygens (including phenoxy) is 1. The van der Waals surface area contributed by atoms with Crippen LogP contribution >= 0.6 is 0 Å². The second kappa shape index (κ2) is 5.06. The minimum Gasteiger partial charge on any atom is -0.428 e. The Hall–Kier alpha value is -1.74. The van der Waals surface area contributed by atoms with E-state index in [1.165, 1.54) is 5.56 Å². The summed E-state index contributed by atoms with van der Waals surface area (Å²) >= 11 is 0. The van der Waals surface area contributed by atoms with E-state index in [-0.39, 0.29) is 6.61 Å². The molecular formula is C14H16O3. The highest BCUT2D eigenvalue weighted by Gasteiger charge is 2.04. The van der Waals surface area contributed by atoms with Crippen LogP contribution in [0.4, 0.5) is 0 Å². The molecule has 0 saturated heterocycles. The summed E-state index contributed by atoms with van der Waals surface area (Å²) in [6, 6.07) is 11.3. The first kappa shape index (κ1) is 11.7. The molecule has 17 heavy (non-hydrogen) atoms. The summed E-state index contributed by atoms with van der Waals surface area (Å²) in [5.41, 5.74) is 1.27. The normalized spacial score (nSPS) is 10.8. The molecule has 0 unspecified atom stereocenters. The molecule has 0 aliphatic heterocycles. The molecule has 3 heteroatoms. The van der Waals surface area contributed by atoms with Crippen molar-refractivity contribution in [3.8, 4) is 11.7 Å². The van der Waals surface area contributed by atoms with E-state index in [1.54, 1.807) is 12.1 Å². The molecule has 2 aromatic rings. The molecule has 0 amide bonds. The number of hydrogen-bond acceptors (Lipinski definition) is 3. The summed E-state index contributed by atoms with van der Waals surface area (Å²) in [5, 5.41) is 8.87. The predicted octanol–water partition coefficient (Wildman–Crippen LogP) is 3.69. The van der Waals surface area contributed by atoms with E-state index in [0.29, 0.717) is 17.6 Å². The van der Waals surface area contributed by atoms with Crippen LogP contribution in [0.2, 0.25) is 0 Å². The first-order valence-electron chi connectivity index (χ1n) is 5.66. The van der Waals surface area contributed by atoms with Crippen molar-refractivity contribution in [1.82, 2.24) is 0 Å². The monoisotopic (exact) mass is 232 g/mol. The lowest BCUT2D eigenvalue weighted by Gasteiger charge is -2.06. The fraction of sp³-hybridized carbons (Fsp3) is 0.286. The molecule has 1 N–H and O–H groups in total. The number of hydrogen-bond donors (Lipinski definition) is 1. The summed E-state index contributed by atoms with van der Waals surface area (Å²) < 4.78 is 10.8. The van der Waals surface area contributed by atoms with Crippen LogP contribution in [0.5, 0.6) is 11.7 Å². The zero-order chi connectivity index (χ0) is 12.3. The van der Waals surface area contributed by atoms with Crippen molar-refractivity contribution < 1.29 is 14.3 Å². The van der Waals surface area contributed by atoms with E-state index in [1.807, 2.05) is 24.3 Å². The summed E-state index contributed by atoms with van der Waals surface area (Å²) in [6.45, 7) is 4.18. The van der Waals surface area contributed by atoms with Crippen molar-refractivity contribution in [3.63, 3.8) is 0 Å². The molecule has 0 aliphatic rings. The van der Waals surface area contributed by atoms with Crippen LogP contribution in [0.25, 0.3) is 0 Å². The molecule has 0 spiro atoms. The standard InChI is InChI=1S/C14H16O3/c1-10(2)11-3-5-12(6-4-11)16-14-8-7-13(9-15)17-14/h3-8,10,15H,9H2,1-2H3. The van der Waals surface area contributed by atoms with Crippen LogP contribution in [-0.2, 0) is 6.61 Å². The quantitative estimate of drug-likeness (QED) is 0.874. The van der Waals surface area contributed by atoms with Crippen molar-refractivity contribution >= 4 is 0 Å². The molecular weight excluding hydrogens is 216 g/mol. The largest absolute Gasteiger partial charge is 0.428 e. The van der Waals surface area contributed by atoms with Crippen molar-refractivity contribution in [2.45, 2.75) is 26.4 Å². The van der Waals surface area contributed by atoms with Crippen LogP contribution in [0, 0.1) is 0 Å². The van der Waals surface area contributed by atoms with Gasteiger partial charge in [0.15, 0.2) is 0 Å². The van der Waals surface area contributed by atoms with Gasteiger partial charge in [-0.05, 0) is 29.7 Å². The van der Waals surface area contributed by atoms with E-state index in [2.05, 4.69) is 13.8 Å². The molecule has 0 atom stereocenters. The second-order valence-electron chi connectivity index (χ2n) is 4.20. The van der Waals surface area contributed by atoms with Gasteiger partial charge in [-0.1, -0.05) is 26.0 Å². The first-order valence-corrected chi connectivity index (χ1v) is 5.66. The van der Waals surface area contributed by atoms with Crippen molar-refractivity contribution in [2.75, 3.05) is 0 Å². The smallest absolute Gasteiger partial charge is 0.290 e. The van der Waals surface area contributed by atoms with Gasteiger partial charge in [0, 0.05) is 6.07 Å². The Morgan fingerprint density at radius 1 is 1.12 bits per heavy atom. The number of rotatable bonds is 4. The molecule has 1 aromatic heterocycles. The Kier molecular flexibility index (Phi) is 3.49. The van der Waals surface area contributed by atoms with Crippen molar-refractivity contribution in [2.24, 2.45) is 0 Å². The Bertz CT molecular complexity index is 468. The summed E-state index contributed by atoms with van der Waals surface area (Å²) in [7, 11) is 0. The van der Waals surface area contributed by atoms with Gasteiger partial charge in [-0.25, -0.2) is 0 Å². The fourth-order valence-electron chi connectivity index (χ4n) is 1.53. The molecule has 0 bridgehead atoms. The fourth-order valence-corrected chi connectivity index (χ4v) is 1.53. The highest BCUT2D eigenvalue weighted by atomic mass is 16.6. The van der Waals surface area contributed by atoms with Gasteiger partial charge in [0.1, 0.15) is 18.1 Å². The molecule has 0 aliphatic carbocycles. The maximum Gasteiger partial charge on any atom is 0.290 e. The first-order chi connectivity index (χ1) is 8.19. The van der Waals surface area contributed by atoms with Crippen LogP contribution in [-0.4, -0.2) is 5.11 Å². The second-order valence-corrected chi connectivity index (χ2v) is 4.20. The van der Waals surface area contributed by atoms with Gasteiger partial charge in [-0.15, -0.1) is 0 Å². The molecule has 2 rings (SSSR count). The Labute approximate surface area is 101 Å². The van der Waals surface area contributed by atoms with Crippen LogP contribution in [0.1, 0.15) is 31.1 Å². The SMILES string of the molecule is CC(C)c1ccc(Oc2ccc(CO)o2)cc1. The highest BCUT2D eigenvalue weighted by molar-refractivity contribution is 5.31. The van der Waals surface area contributed by atoms with Gasteiger partial charge in [0.05, 0.1) is 0 Å². The third-order valence-electron chi connectivity index (χ3n) is 2.56. The minimum atomic E-state index is -0.115. The minimum absolute atomic E-state index is 0.115. The van der Waals surface area contributed by atoms with E-state index in [9.17, 15) is 0 Å². The van der Waals surface area contributed by atoms with E-state index < -0.39 is 0 Å². The molecule has 0 fully saturated rings. The maximum absolute atomic E-state index is 8.87. The zero-order valence-corrected chi connectivity index (χ0v) is 10.0. The molecule has 90 valence electrons. The lowest BCUT2D eigenvalue weighted by atomic mass is 10.0. The van der Waals surface area contributed by atoms with Gasteiger partial charge in [-0.2, -0.15) is 0 Å². The number of aliphatic hydroxyl groups is 1. The Morgan fingerprint density at radius 3 is 2.35 bits per heavy atom. The van der Waals surface area contributed by atoms with E-state index in [4.69, 9.17) is 14.3 Å². The summed E-state index contributed by atoms with van der Waals surface area (Å²) in [6.07, 6.45) is 0. The van der Waals surface area contributed by atoms with Gasteiger partial charge in [0.2, 0.25) is 0 Å². The molecule has 3 nitrogen and oxygen atoms in total. The summed E-state index contributed by atoms with van der Waals surface area (Å²) in [5.74, 6) is 2.13. The predicted molar refractivity (Wildman–Crippen MR) is 65.2 cm³/mol. The number of aliphatic hydroxyl groups excluding tert-OH is 1. The molecule has 0 saturated carbocycles. The number of furan rings is 1. The van der Waals surface area contributed by atoms with Gasteiger partial charge >= 0.3 is 0 Å². The molecule has 0 radical (unpaired) electrons. The average Bonchev–Trinajstić information content (AvgIpc) is 2.77. The third kappa shape index (κ3) is 2.88. The van der Waals surface area contributed by atoms with Crippen molar-refractivity contribution in [3.05, 3.63) is 47.7 Å². The summed E-state index contributed by atoms with van der Waals surface area (Å²) in [4.78, 5) is 0. The van der Waals surface area contributed by atoms with Crippen LogP contribution in [0.15, 0.2) is 40.8 Å². The van der Waals surface area contributed by atoms with E-state index >= 15 is 0 Å². The Morgan fingerprint density at radius 2 is 1.82 bits per heavy atom. The third-order valence-corrected chi connectivity index (χ3v) is 2.56. The molecule has 1 heterocycles. The Balaban J connectivity index is 2.08. The average molecular weight is 232 g/mol. The topological polar surface area (TPSA) is 42.6 Å². The van der Waals surface area contributed by atoms with Crippen LogP contribution in [0.3, 0.4) is 0 Å². The van der Waals surface area contributed by atoms with Gasteiger partial charge in [-0.3, -0.25) is 0 Å². The van der Waals surface area contributed by atoms with E-state index in [0.717, 1.165) is 5.75 Å². The lowest BCUT2D eigenvalue weighted by molar-refractivity contribution is 0.231. The van der Waals surface area contributed by atoms with Crippen LogP contribution < -0.4 is 4.74 Å². The lowest BCUT2D eigenvalue weighted by Crippen LogP contribution is -1.87.